The Kier molecular flexibility index (Phi) is 72.1. The monoisotopic (exact) mass is 254 g/mol. The quantitative estimate of drug-likeness (QED) is 0.417. The molecule has 0 spiro atoms. The van der Waals surface area contributed by atoms with Crippen LogP contribution in [0, 0.1) is 0 Å². The van der Waals surface area contributed by atoms with Crippen molar-refractivity contribution in [1.29, 1.82) is 0 Å². The molecule has 0 radical (unpaired) electrons. The molecule has 0 aliphatic rings. The van der Waals surface area contributed by atoms with Gasteiger partial charge in [0.1, 0.15) is 0 Å². The van der Waals surface area contributed by atoms with Crippen LogP contribution in [0.1, 0.15) is 0 Å². The van der Waals surface area contributed by atoms with E-state index in [4.69, 9.17) is 0 Å². The highest BCUT2D eigenvalue weighted by Gasteiger charge is 1.88. The zero-order valence-corrected chi connectivity index (χ0v) is 11.8. The summed E-state index contributed by atoms with van der Waals surface area (Å²) in [6, 6.07) is 0. The van der Waals surface area contributed by atoms with Crippen molar-refractivity contribution < 1.29 is 41.8 Å². The van der Waals surface area contributed by atoms with E-state index in [1.165, 1.54) is 0 Å². The molecule has 8 nitrogen and oxygen atoms in total. The van der Waals surface area contributed by atoms with Gasteiger partial charge in [0, 0.05) is 0 Å². The van der Waals surface area contributed by atoms with Gasteiger partial charge in [-0.05, 0) is 0 Å². The van der Waals surface area contributed by atoms with Crippen molar-refractivity contribution in [3.05, 3.63) is 0 Å². The van der Waals surface area contributed by atoms with E-state index in [1.54, 1.807) is 0 Å². The number of rotatable bonds is 0. The van der Waals surface area contributed by atoms with Crippen LogP contribution >= 0.6 is 0 Å². The molecule has 0 atom stereocenters. The minimum absolute atomic E-state index is 0. The van der Waals surface area contributed by atoms with Crippen LogP contribution in [0.2, 0.25) is 0 Å². The average molecular weight is 254 g/mol. The van der Waals surface area contributed by atoms with E-state index in [9.17, 15) is 0 Å². The van der Waals surface area contributed by atoms with Crippen LogP contribution in [0.15, 0.2) is 0 Å². The summed E-state index contributed by atoms with van der Waals surface area (Å²) < 4.78 is 2.00. The Morgan fingerprint density at radius 1 is 0.375 bits per heavy atom. The third kappa shape index (κ3) is 21500. The first-order valence-electron chi connectivity index (χ1n) is 3.58. The second-order valence-corrected chi connectivity index (χ2v) is 5.37. The maximum Gasteiger partial charge on any atom is 0.0675 e. The van der Waals surface area contributed by atoms with Crippen LogP contribution in [0.4, 0.5) is 0 Å². The summed E-state index contributed by atoms with van der Waals surface area (Å²) >= 11 is 0. The molecule has 0 aliphatic heterocycles. The summed E-state index contributed by atoms with van der Waals surface area (Å²) in [6.07, 6.45) is 0. The molecule has 0 unspecified atom stereocenters. The molecule has 112 valence electrons. The molecule has 0 heterocycles. The highest BCUT2D eigenvalue weighted by atomic mass is 16.0. The summed E-state index contributed by atoms with van der Waals surface area (Å²) in [5.41, 5.74) is 0. The van der Waals surface area contributed by atoms with Gasteiger partial charge in [-0.25, -0.2) is 0 Å². The highest BCUT2D eigenvalue weighted by molar-refractivity contribution is 3.87. The summed E-state index contributed by atoms with van der Waals surface area (Å²) in [7, 11) is 17.0. The number of quaternary nitrogens is 2. The van der Waals surface area contributed by atoms with E-state index in [-0.39, 0.29) is 32.9 Å². The zero-order chi connectivity index (χ0) is 9.00. The van der Waals surface area contributed by atoms with Crippen LogP contribution in [0.5, 0.6) is 0 Å². The molecule has 0 amide bonds. The van der Waals surface area contributed by atoms with Gasteiger partial charge in [0.05, 0.1) is 56.4 Å². The molecule has 16 heavy (non-hydrogen) atoms. The first kappa shape index (κ1) is 57.3. The molecule has 0 rings (SSSR count). The Bertz CT molecular complexity index is 65.5. The van der Waals surface area contributed by atoms with Crippen LogP contribution in [0.3, 0.4) is 0 Å². The third-order valence-corrected chi connectivity index (χ3v) is 0. The van der Waals surface area contributed by atoms with Gasteiger partial charge in [0.2, 0.25) is 0 Å². The first-order chi connectivity index (χ1) is 4.00. The molecule has 0 aromatic rings. The van der Waals surface area contributed by atoms with E-state index in [0.29, 0.717) is 0 Å². The standard InChI is InChI=1S/2C4H12N.6H2O/c2*1-5(2,3)4;;;;;;/h2*1-4H3;6*1H2/q2*+1;;;;;;/p-2. The van der Waals surface area contributed by atoms with Gasteiger partial charge >= 0.3 is 0 Å². The van der Waals surface area contributed by atoms with Gasteiger partial charge < -0.3 is 41.8 Å². The molecule has 0 aromatic carbocycles. The lowest BCUT2D eigenvalue weighted by Crippen LogP contribution is -2.27. The average Bonchev–Trinajstić information content (AvgIpc) is 1.12. The largest absolute Gasteiger partial charge is 0.870 e. The fourth-order valence-corrected chi connectivity index (χ4v) is 0. The van der Waals surface area contributed by atoms with Crippen LogP contribution in [-0.4, -0.2) is 98.2 Å². The van der Waals surface area contributed by atoms with Crippen molar-refractivity contribution in [3.63, 3.8) is 0 Å². The summed E-state index contributed by atoms with van der Waals surface area (Å²) in [5.74, 6) is 0. The number of hydrogen-bond donors (Lipinski definition) is 0. The van der Waals surface area contributed by atoms with Gasteiger partial charge in [-0.2, -0.15) is 0 Å². The summed E-state index contributed by atoms with van der Waals surface area (Å²) in [6.45, 7) is 0. The van der Waals surface area contributed by atoms with E-state index < -0.39 is 0 Å². The highest BCUT2D eigenvalue weighted by Crippen LogP contribution is 1.74. The molecule has 0 fully saturated rings. The number of hydrogen-bond acceptors (Lipinski definition) is 2. The Morgan fingerprint density at radius 2 is 0.375 bits per heavy atom. The lowest BCUT2D eigenvalue weighted by molar-refractivity contribution is -0.849. The van der Waals surface area contributed by atoms with Crippen molar-refractivity contribution in [2.45, 2.75) is 0 Å². The fraction of sp³-hybridized carbons (Fsp3) is 1.00. The smallest absolute Gasteiger partial charge is 0.0675 e. The van der Waals surface area contributed by atoms with Crippen LogP contribution in [-0.2, 0) is 0 Å². The summed E-state index contributed by atoms with van der Waals surface area (Å²) in [4.78, 5) is 0. The third-order valence-electron chi connectivity index (χ3n) is 0. The van der Waals surface area contributed by atoms with Gasteiger partial charge in [-0.15, -0.1) is 0 Å². The van der Waals surface area contributed by atoms with Crippen molar-refractivity contribution in [2.75, 3.05) is 56.4 Å². The van der Waals surface area contributed by atoms with Crippen molar-refractivity contribution >= 4 is 0 Å². The molecular weight excluding hydrogens is 220 g/mol. The van der Waals surface area contributed by atoms with E-state index in [2.05, 4.69) is 56.4 Å². The fourth-order valence-electron chi connectivity index (χ4n) is 0. The Labute approximate surface area is 99.1 Å². The van der Waals surface area contributed by atoms with Crippen LogP contribution in [0.25, 0.3) is 0 Å². The van der Waals surface area contributed by atoms with Gasteiger partial charge in [-0.1, -0.05) is 0 Å². The SMILES string of the molecule is C[N+](C)(C)C.C[N+](C)(C)C.O.O.O.O.[OH-].[OH-]. The van der Waals surface area contributed by atoms with E-state index in [1.807, 2.05) is 0 Å². The topological polar surface area (TPSA) is 186 Å². The first-order valence-corrected chi connectivity index (χ1v) is 3.58. The van der Waals surface area contributed by atoms with E-state index in [0.717, 1.165) is 8.97 Å². The zero-order valence-electron chi connectivity index (χ0n) is 11.8. The predicted octanol–water partition coefficient (Wildman–Crippen LogP) is -3.01. The molecule has 0 saturated heterocycles. The van der Waals surface area contributed by atoms with Gasteiger partial charge in [-0.3, -0.25) is 0 Å². The molecule has 8 heteroatoms. The molecule has 0 aliphatic carbocycles. The second kappa shape index (κ2) is 20.1. The molecular formula is C8H34N2O6. The van der Waals surface area contributed by atoms with Crippen molar-refractivity contribution in [1.82, 2.24) is 0 Å². The molecule has 0 saturated carbocycles. The van der Waals surface area contributed by atoms with Gasteiger partial charge in [0.25, 0.3) is 0 Å². The number of nitrogens with zero attached hydrogens (tertiary/aromatic N) is 2. The predicted molar refractivity (Wildman–Crippen MR) is 66.2 cm³/mol. The van der Waals surface area contributed by atoms with E-state index >= 15 is 0 Å². The van der Waals surface area contributed by atoms with Crippen LogP contribution < -0.4 is 0 Å². The second-order valence-electron chi connectivity index (χ2n) is 5.37. The maximum atomic E-state index is 2.12. The van der Waals surface area contributed by atoms with Crippen molar-refractivity contribution in [3.8, 4) is 0 Å². The lowest BCUT2D eigenvalue weighted by atomic mass is 10.8. The minimum atomic E-state index is 0. The Balaban J connectivity index is -0.00000000970. The molecule has 10 N–H and O–H groups in total. The summed E-state index contributed by atoms with van der Waals surface area (Å²) in [5, 5.41) is 0. The lowest BCUT2D eigenvalue weighted by Gasteiger charge is -2.14. The maximum absolute atomic E-state index is 2.12. The van der Waals surface area contributed by atoms with Gasteiger partial charge in [0.15, 0.2) is 0 Å². The Hall–Kier alpha value is -0.320. The molecule has 0 aromatic heterocycles. The molecule has 0 bridgehead atoms. The van der Waals surface area contributed by atoms with Crippen molar-refractivity contribution in [2.24, 2.45) is 0 Å². The normalized spacial score (nSPS) is 7.50. The Morgan fingerprint density at radius 3 is 0.375 bits per heavy atom. The minimum Gasteiger partial charge on any atom is -0.870 e.